The molecule has 0 spiro atoms. The fraction of sp³-hybridized carbons (Fsp3) is 0.122. The number of carboxylic acid groups (broad SMARTS) is 1. The number of rotatable bonds is 14. The van der Waals surface area contributed by atoms with Crippen LogP contribution in [0.1, 0.15) is 42.7 Å². The highest BCUT2D eigenvalue weighted by molar-refractivity contribution is 8.00. The van der Waals surface area contributed by atoms with Gasteiger partial charge in [-0.05, 0) is 72.7 Å². The number of carbonyl (C=O) groups is 4. The summed E-state index contributed by atoms with van der Waals surface area (Å²) in [6, 6.07) is 32.4. The summed E-state index contributed by atoms with van der Waals surface area (Å²) in [4.78, 5) is 53.3. The van der Waals surface area contributed by atoms with Gasteiger partial charge in [0.15, 0.2) is 11.5 Å². The fourth-order valence-corrected chi connectivity index (χ4v) is 6.32. The first-order valence-corrected chi connectivity index (χ1v) is 17.1. The standard InChI is InChI=1S/C41H37N3O8S/c1-25-18-19-28(41(48)49)20-32(25)43-40(47)37(26-12-7-5-8-13-26)53-31-17-11-16-30(23-31)42-39(46)33(44-38(45)27-14-9-6-10-15-27)21-29-22-35(51-3)36(52-4)24-34(29)50-2/h5-24,37H,1-4H3,(H,42,46)(H,43,47)(H,44,45)(H,48,49)/b33-21+. The minimum Gasteiger partial charge on any atom is -0.496 e. The number of nitrogens with one attached hydrogen (secondary N) is 3. The predicted octanol–water partition coefficient (Wildman–Crippen LogP) is 7.60. The lowest BCUT2D eigenvalue weighted by molar-refractivity contribution is -0.116. The third-order valence-electron chi connectivity index (χ3n) is 7.99. The van der Waals surface area contributed by atoms with Crippen LogP contribution in [0.5, 0.6) is 17.2 Å². The molecule has 1 unspecified atom stereocenters. The van der Waals surface area contributed by atoms with Crippen LogP contribution < -0.4 is 30.2 Å². The summed E-state index contributed by atoms with van der Waals surface area (Å²) in [5.74, 6) is -1.42. The highest BCUT2D eigenvalue weighted by Gasteiger charge is 2.24. The monoisotopic (exact) mass is 731 g/mol. The smallest absolute Gasteiger partial charge is 0.335 e. The zero-order valence-corrected chi connectivity index (χ0v) is 30.2. The first-order valence-electron chi connectivity index (χ1n) is 16.3. The number of benzene rings is 5. The number of aryl methyl sites for hydroxylation is 1. The third-order valence-corrected chi connectivity index (χ3v) is 9.24. The summed E-state index contributed by atoms with van der Waals surface area (Å²) in [5.41, 5.74) is 2.97. The Morgan fingerprint density at radius 3 is 2.02 bits per heavy atom. The Morgan fingerprint density at radius 2 is 1.36 bits per heavy atom. The van der Waals surface area contributed by atoms with E-state index in [1.807, 2.05) is 36.4 Å². The van der Waals surface area contributed by atoms with E-state index in [0.717, 1.165) is 0 Å². The average molecular weight is 732 g/mol. The second-order valence-electron chi connectivity index (χ2n) is 11.5. The molecule has 3 amide bonds. The summed E-state index contributed by atoms with van der Waals surface area (Å²) in [6.07, 6.45) is 1.48. The molecule has 0 fully saturated rings. The van der Waals surface area contributed by atoms with E-state index < -0.39 is 23.0 Å². The van der Waals surface area contributed by atoms with Crippen LogP contribution in [0.3, 0.4) is 0 Å². The maximum Gasteiger partial charge on any atom is 0.335 e. The van der Waals surface area contributed by atoms with Gasteiger partial charge in [0.05, 0.1) is 26.9 Å². The molecule has 4 N–H and O–H groups in total. The molecule has 5 aromatic carbocycles. The Balaban J connectivity index is 1.44. The number of anilines is 2. The second kappa shape index (κ2) is 17.6. The van der Waals surface area contributed by atoms with Crippen molar-refractivity contribution < 1.29 is 38.5 Å². The average Bonchev–Trinajstić information content (AvgIpc) is 3.17. The number of thioether (sulfide) groups is 1. The minimum absolute atomic E-state index is 0.0520. The Bertz CT molecular complexity index is 2160. The lowest BCUT2D eigenvalue weighted by Gasteiger charge is -2.19. The molecular weight excluding hydrogens is 695 g/mol. The molecule has 5 rings (SSSR count). The molecule has 0 radical (unpaired) electrons. The van der Waals surface area contributed by atoms with Crippen LogP contribution in [-0.2, 0) is 9.59 Å². The van der Waals surface area contributed by atoms with Crippen LogP contribution in [0.4, 0.5) is 11.4 Å². The summed E-state index contributed by atoms with van der Waals surface area (Å²) in [7, 11) is 4.45. The van der Waals surface area contributed by atoms with E-state index in [1.54, 1.807) is 73.7 Å². The van der Waals surface area contributed by atoms with Gasteiger partial charge in [0.2, 0.25) is 5.91 Å². The van der Waals surface area contributed by atoms with Crippen molar-refractivity contribution in [1.82, 2.24) is 5.32 Å². The zero-order chi connectivity index (χ0) is 37.9. The fourth-order valence-electron chi connectivity index (χ4n) is 5.23. The van der Waals surface area contributed by atoms with Crippen LogP contribution in [0.25, 0.3) is 6.08 Å². The molecule has 0 aromatic heterocycles. The molecule has 0 bridgehead atoms. The SMILES string of the molecule is COc1cc(OC)c(OC)cc1/C=C(/NC(=O)c1ccccc1)C(=O)Nc1cccc(SC(C(=O)Nc2cc(C(=O)O)ccc2C)c2ccccc2)c1. The van der Waals surface area contributed by atoms with Crippen LogP contribution >= 0.6 is 11.8 Å². The minimum atomic E-state index is -1.10. The molecule has 1 atom stereocenters. The Hall–Kier alpha value is -6.53. The Kier molecular flexibility index (Phi) is 12.5. The molecule has 0 saturated carbocycles. The maximum absolute atomic E-state index is 13.9. The second-order valence-corrected chi connectivity index (χ2v) is 12.7. The molecular formula is C41H37N3O8S. The summed E-state index contributed by atoms with van der Waals surface area (Å²) < 4.78 is 16.4. The van der Waals surface area contributed by atoms with E-state index in [9.17, 15) is 24.3 Å². The Labute approximate surface area is 311 Å². The number of carbonyl (C=O) groups excluding carboxylic acids is 3. The van der Waals surface area contributed by atoms with Crippen molar-refractivity contribution in [3.63, 3.8) is 0 Å². The van der Waals surface area contributed by atoms with Gasteiger partial charge in [-0.15, -0.1) is 11.8 Å². The summed E-state index contributed by atoms with van der Waals surface area (Å²) >= 11 is 1.25. The molecule has 0 aliphatic heterocycles. The van der Waals surface area contributed by atoms with E-state index in [1.165, 1.54) is 51.3 Å². The van der Waals surface area contributed by atoms with E-state index in [4.69, 9.17) is 14.2 Å². The number of amides is 3. The largest absolute Gasteiger partial charge is 0.496 e. The van der Waals surface area contributed by atoms with Gasteiger partial charge in [0.1, 0.15) is 16.7 Å². The van der Waals surface area contributed by atoms with Crippen molar-refractivity contribution in [1.29, 1.82) is 0 Å². The number of methoxy groups -OCH3 is 3. The van der Waals surface area contributed by atoms with Gasteiger partial charge in [0.25, 0.3) is 11.8 Å². The van der Waals surface area contributed by atoms with Gasteiger partial charge in [0, 0.05) is 33.5 Å². The number of hydrogen-bond acceptors (Lipinski definition) is 8. The van der Waals surface area contributed by atoms with Gasteiger partial charge in [-0.1, -0.05) is 60.7 Å². The molecule has 0 aliphatic rings. The van der Waals surface area contributed by atoms with Gasteiger partial charge in [-0.25, -0.2) is 4.79 Å². The first-order chi connectivity index (χ1) is 25.6. The van der Waals surface area contributed by atoms with E-state index >= 15 is 0 Å². The first kappa shape index (κ1) is 37.7. The molecule has 53 heavy (non-hydrogen) atoms. The molecule has 11 nitrogen and oxygen atoms in total. The van der Waals surface area contributed by atoms with Crippen LogP contribution in [0, 0.1) is 6.92 Å². The summed E-state index contributed by atoms with van der Waals surface area (Å²) in [5, 5.41) is 17.2. The zero-order valence-electron chi connectivity index (χ0n) is 29.3. The van der Waals surface area contributed by atoms with Crippen molar-refractivity contribution >= 4 is 52.9 Å². The quantitative estimate of drug-likeness (QED) is 0.0668. The normalized spacial score (nSPS) is 11.5. The topological polar surface area (TPSA) is 152 Å². The molecule has 0 heterocycles. The van der Waals surface area contributed by atoms with Crippen LogP contribution in [-0.4, -0.2) is 50.1 Å². The third kappa shape index (κ3) is 9.63. The van der Waals surface area contributed by atoms with Crippen LogP contribution in [0.2, 0.25) is 0 Å². The number of aromatic carboxylic acids is 1. The van der Waals surface area contributed by atoms with Crippen molar-refractivity contribution in [3.05, 3.63) is 149 Å². The molecule has 0 saturated heterocycles. The molecule has 12 heteroatoms. The number of hydrogen-bond donors (Lipinski definition) is 4. The van der Waals surface area contributed by atoms with Crippen molar-refractivity contribution in [2.45, 2.75) is 17.1 Å². The van der Waals surface area contributed by atoms with Gasteiger partial charge < -0.3 is 35.3 Å². The van der Waals surface area contributed by atoms with E-state index in [2.05, 4.69) is 16.0 Å². The highest BCUT2D eigenvalue weighted by atomic mass is 32.2. The van der Waals surface area contributed by atoms with Gasteiger partial charge in [-0.3, -0.25) is 14.4 Å². The maximum atomic E-state index is 13.9. The predicted molar refractivity (Wildman–Crippen MR) is 205 cm³/mol. The molecule has 5 aromatic rings. The van der Waals surface area contributed by atoms with Crippen molar-refractivity contribution in [2.75, 3.05) is 32.0 Å². The summed E-state index contributed by atoms with van der Waals surface area (Å²) in [6.45, 7) is 1.78. The lowest BCUT2D eigenvalue weighted by atomic mass is 10.1. The number of carboxylic acids is 1. The molecule has 270 valence electrons. The molecule has 0 aliphatic carbocycles. The van der Waals surface area contributed by atoms with Crippen LogP contribution in [0.15, 0.2) is 126 Å². The van der Waals surface area contributed by atoms with E-state index in [0.29, 0.717) is 55.8 Å². The van der Waals surface area contributed by atoms with Gasteiger partial charge in [-0.2, -0.15) is 0 Å². The van der Waals surface area contributed by atoms with E-state index in [-0.39, 0.29) is 17.2 Å². The lowest BCUT2D eigenvalue weighted by Crippen LogP contribution is -2.30. The van der Waals surface area contributed by atoms with Crippen molar-refractivity contribution in [3.8, 4) is 17.2 Å². The highest BCUT2D eigenvalue weighted by Crippen LogP contribution is 2.38. The number of ether oxygens (including phenoxy) is 3. The Morgan fingerprint density at radius 1 is 0.698 bits per heavy atom. The van der Waals surface area contributed by atoms with Gasteiger partial charge >= 0.3 is 5.97 Å². The van der Waals surface area contributed by atoms with Crippen molar-refractivity contribution in [2.24, 2.45) is 0 Å².